The van der Waals surface area contributed by atoms with Crippen molar-refractivity contribution in [3.63, 3.8) is 0 Å². The predicted molar refractivity (Wildman–Crippen MR) is 269 cm³/mol. The van der Waals surface area contributed by atoms with Crippen LogP contribution in [0.3, 0.4) is 0 Å². The Kier molecular flexibility index (Phi) is 15.2. The molecule has 0 bridgehead atoms. The third-order valence-corrected chi connectivity index (χ3v) is 12.3. The van der Waals surface area contributed by atoms with Crippen LogP contribution in [0.25, 0.3) is 66.8 Å². The van der Waals surface area contributed by atoms with Crippen molar-refractivity contribution in [1.82, 2.24) is 0 Å². The van der Waals surface area contributed by atoms with E-state index in [1.165, 1.54) is 83.0 Å². The minimum absolute atomic E-state index is 0.706. The molecule has 0 radical (unpaired) electrons. The minimum Gasteiger partial charge on any atom is -0.493 e. The zero-order valence-corrected chi connectivity index (χ0v) is 38.3. The molecule has 4 heteroatoms. The number of benzene rings is 8. The standard InChI is InChI=1S/C58H52Br2O2/c59-53-29-31-57(55(41-53)51-37-47(43-21-11-7-12-22-43)35-48(38-51)44-23-13-8-14-24-44)61-33-19-5-3-1-2-4-6-20-34-62-58-32-30-54(60)42-56(58)52-39-49(45-25-15-9-16-26-45)36-50(40-52)46-27-17-10-18-28-46/h7-18,21-32,35-42H,1-6,19-20,33-34H2. The number of rotatable bonds is 19. The van der Waals surface area contributed by atoms with E-state index >= 15 is 0 Å². The summed E-state index contributed by atoms with van der Waals surface area (Å²) in [5.74, 6) is 1.85. The van der Waals surface area contributed by atoms with Crippen LogP contribution in [0.2, 0.25) is 0 Å². The first-order valence-electron chi connectivity index (χ1n) is 21.9. The Morgan fingerprint density at radius 2 is 0.532 bits per heavy atom. The zero-order valence-electron chi connectivity index (χ0n) is 35.1. The van der Waals surface area contributed by atoms with Crippen LogP contribution >= 0.6 is 31.9 Å². The van der Waals surface area contributed by atoms with Crippen molar-refractivity contribution >= 4 is 31.9 Å². The maximum atomic E-state index is 6.50. The Morgan fingerprint density at radius 3 is 0.839 bits per heavy atom. The molecule has 8 rings (SSSR count). The van der Waals surface area contributed by atoms with Crippen LogP contribution < -0.4 is 9.47 Å². The SMILES string of the molecule is Brc1ccc(OCCCCCCCCCCOc2ccc(Br)cc2-c2cc(-c3ccccc3)cc(-c3ccccc3)c2)c(-c2cc(-c3ccccc3)cc(-c3ccccc3)c2)c1. The van der Waals surface area contributed by atoms with Crippen LogP contribution in [0.15, 0.2) is 203 Å². The van der Waals surface area contributed by atoms with Crippen LogP contribution in [-0.2, 0) is 0 Å². The van der Waals surface area contributed by atoms with Crippen molar-refractivity contribution in [3.8, 4) is 78.3 Å². The molecular weight excluding hydrogens is 888 g/mol. The lowest BCUT2D eigenvalue weighted by atomic mass is 9.93. The van der Waals surface area contributed by atoms with Gasteiger partial charge in [0.2, 0.25) is 0 Å². The monoisotopic (exact) mass is 938 g/mol. The summed E-state index contributed by atoms with van der Waals surface area (Å²) in [4.78, 5) is 0. The first-order valence-corrected chi connectivity index (χ1v) is 23.5. The highest BCUT2D eigenvalue weighted by molar-refractivity contribution is 9.10. The number of ether oxygens (including phenoxy) is 2. The second-order valence-electron chi connectivity index (χ2n) is 15.9. The van der Waals surface area contributed by atoms with Gasteiger partial charge in [-0.05, 0) is 141 Å². The van der Waals surface area contributed by atoms with Gasteiger partial charge < -0.3 is 9.47 Å². The molecule has 0 amide bonds. The second-order valence-corrected chi connectivity index (χ2v) is 17.7. The molecular formula is C58H52Br2O2. The van der Waals surface area contributed by atoms with Crippen molar-refractivity contribution in [3.05, 3.63) is 203 Å². The van der Waals surface area contributed by atoms with E-state index in [1.54, 1.807) is 0 Å². The molecule has 8 aromatic carbocycles. The molecule has 62 heavy (non-hydrogen) atoms. The van der Waals surface area contributed by atoms with E-state index < -0.39 is 0 Å². The molecule has 0 N–H and O–H groups in total. The molecule has 310 valence electrons. The maximum absolute atomic E-state index is 6.50. The number of unbranched alkanes of at least 4 members (excludes halogenated alkanes) is 7. The molecule has 2 nitrogen and oxygen atoms in total. The Hall–Kier alpha value is -5.68. The summed E-state index contributed by atoms with van der Waals surface area (Å²) >= 11 is 7.47. The minimum atomic E-state index is 0.706. The van der Waals surface area contributed by atoms with Gasteiger partial charge in [-0.1, -0.05) is 192 Å². The fourth-order valence-electron chi connectivity index (χ4n) is 8.09. The van der Waals surface area contributed by atoms with E-state index in [0.29, 0.717) is 13.2 Å². The third kappa shape index (κ3) is 11.6. The lowest BCUT2D eigenvalue weighted by Crippen LogP contribution is -2.00. The Labute approximate surface area is 384 Å². The van der Waals surface area contributed by atoms with E-state index in [4.69, 9.17) is 9.47 Å². The summed E-state index contributed by atoms with van der Waals surface area (Å²) in [5, 5.41) is 0. The lowest BCUT2D eigenvalue weighted by Gasteiger charge is -2.16. The molecule has 0 fully saturated rings. The normalized spacial score (nSPS) is 11.1. The van der Waals surface area contributed by atoms with Gasteiger partial charge in [-0.2, -0.15) is 0 Å². The Morgan fingerprint density at radius 1 is 0.258 bits per heavy atom. The average molecular weight is 941 g/mol. The molecule has 0 spiro atoms. The Balaban J connectivity index is 0.807. The topological polar surface area (TPSA) is 18.5 Å². The van der Waals surface area contributed by atoms with E-state index in [1.807, 2.05) is 0 Å². The summed E-state index contributed by atoms with van der Waals surface area (Å²) in [6, 6.07) is 68.9. The quantitative estimate of drug-likeness (QED) is 0.0752. The second kappa shape index (κ2) is 21.9. The van der Waals surface area contributed by atoms with Gasteiger partial charge in [-0.3, -0.25) is 0 Å². The van der Waals surface area contributed by atoms with Gasteiger partial charge in [0.15, 0.2) is 0 Å². The summed E-state index contributed by atoms with van der Waals surface area (Å²) in [6.45, 7) is 1.41. The number of hydrogen-bond donors (Lipinski definition) is 0. The van der Waals surface area contributed by atoms with Crippen molar-refractivity contribution in [1.29, 1.82) is 0 Å². The smallest absolute Gasteiger partial charge is 0.127 e. The molecule has 8 aromatic rings. The van der Waals surface area contributed by atoms with Crippen molar-refractivity contribution in [2.24, 2.45) is 0 Å². The average Bonchev–Trinajstić information content (AvgIpc) is 3.33. The van der Waals surface area contributed by atoms with Crippen molar-refractivity contribution in [2.45, 2.75) is 51.4 Å². The van der Waals surface area contributed by atoms with E-state index in [-0.39, 0.29) is 0 Å². The van der Waals surface area contributed by atoms with Gasteiger partial charge in [0.05, 0.1) is 13.2 Å². The van der Waals surface area contributed by atoms with E-state index in [0.717, 1.165) is 55.5 Å². The first kappa shape index (κ1) is 43.0. The largest absolute Gasteiger partial charge is 0.493 e. The van der Waals surface area contributed by atoms with Crippen LogP contribution in [0.5, 0.6) is 11.5 Å². The number of halogens is 2. The van der Waals surface area contributed by atoms with Crippen LogP contribution in [0.1, 0.15) is 51.4 Å². The molecule has 0 atom stereocenters. The highest BCUT2D eigenvalue weighted by Gasteiger charge is 2.14. The van der Waals surface area contributed by atoms with Crippen LogP contribution in [0.4, 0.5) is 0 Å². The van der Waals surface area contributed by atoms with Crippen molar-refractivity contribution < 1.29 is 9.47 Å². The van der Waals surface area contributed by atoms with E-state index in [2.05, 4.69) is 226 Å². The molecule has 0 saturated carbocycles. The molecule has 0 saturated heterocycles. The maximum Gasteiger partial charge on any atom is 0.127 e. The van der Waals surface area contributed by atoms with E-state index in [9.17, 15) is 0 Å². The fraction of sp³-hybridized carbons (Fsp3) is 0.172. The summed E-state index contributed by atoms with van der Waals surface area (Å²) in [6.07, 6.45) is 9.36. The molecule has 0 aliphatic heterocycles. The molecule has 0 aromatic heterocycles. The number of hydrogen-bond acceptors (Lipinski definition) is 2. The highest BCUT2D eigenvalue weighted by Crippen LogP contribution is 2.40. The lowest BCUT2D eigenvalue weighted by molar-refractivity contribution is 0.302. The van der Waals surface area contributed by atoms with Gasteiger partial charge in [0.1, 0.15) is 11.5 Å². The first-order chi connectivity index (χ1) is 30.6. The van der Waals surface area contributed by atoms with Gasteiger partial charge >= 0.3 is 0 Å². The molecule has 0 aliphatic carbocycles. The van der Waals surface area contributed by atoms with Gasteiger partial charge in [0, 0.05) is 20.1 Å². The van der Waals surface area contributed by atoms with Crippen LogP contribution in [-0.4, -0.2) is 13.2 Å². The van der Waals surface area contributed by atoms with Gasteiger partial charge in [-0.25, -0.2) is 0 Å². The molecule has 0 heterocycles. The Bertz CT molecular complexity index is 2340. The van der Waals surface area contributed by atoms with Gasteiger partial charge in [0.25, 0.3) is 0 Å². The predicted octanol–water partition coefficient (Wildman–Crippen LogP) is 17.8. The van der Waals surface area contributed by atoms with Gasteiger partial charge in [-0.15, -0.1) is 0 Å². The fourth-order valence-corrected chi connectivity index (χ4v) is 8.81. The highest BCUT2D eigenvalue weighted by atomic mass is 79.9. The molecule has 0 aliphatic rings. The molecule has 0 unspecified atom stereocenters. The summed E-state index contributed by atoms with van der Waals surface area (Å²) in [5.41, 5.74) is 14.1. The third-order valence-electron chi connectivity index (χ3n) is 11.4. The van der Waals surface area contributed by atoms with Crippen LogP contribution in [0, 0.1) is 0 Å². The zero-order chi connectivity index (χ0) is 42.4. The van der Waals surface area contributed by atoms with Crippen molar-refractivity contribution in [2.75, 3.05) is 13.2 Å². The summed E-state index contributed by atoms with van der Waals surface area (Å²) in [7, 11) is 0. The summed E-state index contributed by atoms with van der Waals surface area (Å²) < 4.78 is 15.1.